The molecule has 7 nitrogen and oxygen atoms in total. The van der Waals surface area contributed by atoms with Gasteiger partial charge >= 0.3 is 0 Å². The van der Waals surface area contributed by atoms with E-state index in [-0.39, 0.29) is 23.0 Å². The molecule has 0 radical (unpaired) electrons. The molecular weight excluding hydrogens is 378 g/mol. The average molecular weight is 398 g/mol. The van der Waals surface area contributed by atoms with E-state index in [0.29, 0.717) is 0 Å². The fourth-order valence-electron chi connectivity index (χ4n) is 2.46. The van der Waals surface area contributed by atoms with E-state index in [9.17, 15) is 18.5 Å². The van der Waals surface area contributed by atoms with Gasteiger partial charge in [-0.2, -0.15) is 4.31 Å². The molecule has 26 heavy (non-hydrogen) atoms. The molecule has 140 valence electrons. The molecule has 2 aromatic rings. The summed E-state index contributed by atoms with van der Waals surface area (Å²) in [6.45, 7) is 1.98. The monoisotopic (exact) mass is 397 g/mol. The van der Waals surface area contributed by atoms with Crippen molar-refractivity contribution in [2.24, 2.45) is 0 Å². The summed E-state index contributed by atoms with van der Waals surface area (Å²) < 4.78 is 27.1. The minimum absolute atomic E-state index is 0.109. The molecule has 0 saturated heterocycles. The van der Waals surface area contributed by atoms with Crippen LogP contribution in [-0.4, -0.2) is 38.3 Å². The highest BCUT2D eigenvalue weighted by Crippen LogP contribution is 2.30. The summed E-state index contributed by atoms with van der Waals surface area (Å²) in [5.74, 6) is 0. The number of nitro benzene ring substituents is 1. The lowest BCUT2D eigenvalue weighted by molar-refractivity contribution is -0.387. The van der Waals surface area contributed by atoms with E-state index < -0.39 is 20.6 Å². The Morgan fingerprint density at radius 1 is 1.12 bits per heavy atom. The van der Waals surface area contributed by atoms with Crippen LogP contribution in [0.1, 0.15) is 12.5 Å². The number of benzene rings is 2. The Morgan fingerprint density at radius 3 is 2.23 bits per heavy atom. The first-order valence-electron chi connectivity index (χ1n) is 7.87. The van der Waals surface area contributed by atoms with Crippen LogP contribution in [0, 0.1) is 10.1 Å². The zero-order chi connectivity index (χ0) is 19.5. The lowest BCUT2D eigenvalue weighted by Gasteiger charge is -2.21. The molecule has 2 rings (SSSR count). The van der Waals surface area contributed by atoms with Gasteiger partial charge in [-0.25, -0.2) is 8.42 Å². The van der Waals surface area contributed by atoms with E-state index in [0.717, 1.165) is 17.3 Å². The van der Waals surface area contributed by atoms with Gasteiger partial charge in [0.1, 0.15) is 0 Å². The Morgan fingerprint density at radius 2 is 1.73 bits per heavy atom. The van der Waals surface area contributed by atoms with Crippen molar-refractivity contribution in [2.45, 2.75) is 18.4 Å². The van der Waals surface area contributed by atoms with Crippen molar-refractivity contribution in [1.82, 2.24) is 4.31 Å². The third-order valence-electron chi connectivity index (χ3n) is 3.90. The zero-order valence-corrected chi connectivity index (χ0v) is 16.3. The predicted molar refractivity (Wildman–Crippen MR) is 102 cm³/mol. The van der Waals surface area contributed by atoms with E-state index in [1.807, 2.05) is 43.3 Å². The molecule has 0 fully saturated rings. The van der Waals surface area contributed by atoms with Crippen LogP contribution in [0.2, 0.25) is 5.02 Å². The van der Waals surface area contributed by atoms with Gasteiger partial charge in [0.15, 0.2) is 4.90 Å². The third-order valence-corrected chi connectivity index (χ3v) is 6.10. The van der Waals surface area contributed by atoms with E-state index in [1.165, 1.54) is 16.4 Å². The Labute approximate surface area is 158 Å². The molecule has 0 saturated carbocycles. The number of hydrogen-bond donors (Lipinski definition) is 0. The van der Waals surface area contributed by atoms with Crippen molar-refractivity contribution in [1.29, 1.82) is 0 Å². The summed E-state index contributed by atoms with van der Waals surface area (Å²) in [4.78, 5) is 12.1. The molecule has 0 atom stereocenters. The number of anilines is 1. The van der Waals surface area contributed by atoms with E-state index in [2.05, 4.69) is 0 Å². The average Bonchev–Trinajstić information content (AvgIpc) is 2.59. The van der Waals surface area contributed by atoms with Crippen LogP contribution in [0.3, 0.4) is 0 Å². The van der Waals surface area contributed by atoms with Crippen LogP contribution in [-0.2, 0) is 16.6 Å². The Hall–Kier alpha value is -2.16. The molecule has 0 unspecified atom stereocenters. The molecule has 0 heterocycles. The second-order valence-corrected chi connectivity index (χ2v) is 8.20. The number of nitrogens with zero attached hydrogens (tertiary/aromatic N) is 3. The highest BCUT2D eigenvalue weighted by molar-refractivity contribution is 7.89. The number of rotatable bonds is 7. The lowest BCUT2D eigenvalue weighted by Crippen LogP contribution is -2.31. The molecule has 0 bridgehead atoms. The summed E-state index contributed by atoms with van der Waals surface area (Å²) >= 11 is 5.78. The fraction of sp³-hybridized carbons (Fsp3) is 0.294. The van der Waals surface area contributed by atoms with Gasteiger partial charge in [-0.05, 0) is 29.8 Å². The number of sulfonamides is 1. The number of hydrogen-bond acceptors (Lipinski definition) is 5. The molecule has 0 aromatic heterocycles. The van der Waals surface area contributed by atoms with Gasteiger partial charge < -0.3 is 4.90 Å². The largest absolute Gasteiger partial charge is 0.378 e. The minimum Gasteiger partial charge on any atom is -0.378 e. The Balaban J connectivity index is 2.38. The number of halogens is 1. The van der Waals surface area contributed by atoms with E-state index >= 15 is 0 Å². The van der Waals surface area contributed by atoms with Crippen molar-refractivity contribution >= 4 is 33.0 Å². The van der Waals surface area contributed by atoms with Crippen molar-refractivity contribution in [3.8, 4) is 0 Å². The highest BCUT2D eigenvalue weighted by atomic mass is 35.5. The van der Waals surface area contributed by atoms with Gasteiger partial charge in [0.2, 0.25) is 10.0 Å². The van der Waals surface area contributed by atoms with Gasteiger partial charge in [0.05, 0.1) is 4.92 Å². The van der Waals surface area contributed by atoms with Gasteiger partial charge in [-0.1, -0.05) is 30.7 Å². The first-order valence-corrected chi connectivity index (χ1v) is 9.69. The normalized spacial score (nSPS) is 11.6. The minimum atomic E-state index is -4.05. The summed E-state index contributed by atoms with van der Waals surface area (Å²) in [6, 6.07) is 11.0. The molecule has 0 amide bonds. The van der Waals surface area contributed by atoms with Crippen molar-refractivity contribution in [2.75, 3.05) is 25.5 Å². The SMILES string of the molecule is CCN(Cc1ccc(N(C)C)cc1)S(=O)(=O)c1ccc(Cl)cc1[N+](=O)[O-]. The molecule has 0 aliphatic carbocycles. The van der Waals surface area contributed by atoms with Crippen LogP contribution < -0.4 is 4.90 Å². The first-order chi connectivity index (χ1) is 12.2. The molecule has 0 spiro atoms. The van der Waals surface area contributed by atoms with Gasteiger partial charge in [0.25, 0.3) is 5.69 Å². The van der Waals surface area contributed by atoms with Crippen LogP contribution in [0.5, 0.6) is 0 Å². The lowest BCUT2D eigenvalue weighted by atomic mass is 10.2. The smallest absolute Gasteiger partial charge is 0.290 e. The summed E-state index contributed by atoms with van der Waals surface area (Å²) in [6.07, 6.45) is 0. The van der Waals surface area contributed by atoms with Crippen molar-refractivity contribution in [3.63, 3.8) is 0 Å². The Bertz CT molecular complexity index is 899. The summed E-state index contributed by atoms with van der Waals surface area (Å²) in [7, 11) is -0.217. The standard InChI is InChI=1S/C17H20ClN3O4S/c1-4-20(12-13-5-8-15(9-6-13)19(2)3)26(24,25)17-10-7-14(18)11-16(17)21(22)23/h5-11H,4,12H2,1-3H3. The molecule has 9 heteroatoms. The van der Waals surface area contributed by atoms with Gasteiger partial charge in [-0.15, -0.1) is 0 Å². The van der Waals surface area contributed by atoms with E-state index in [1.54, 1.807) is 6.92 Å². The summed E-state index contributed by atoms with van der Waals surface area (Å²) in [5.41, 5.74) is 1.25. The maximum absolute atomic E-state index is 12.9. The Kier molecular flexibility index (Phi) is 6.22. The second kappa shape index (κ2) is 8.03. The fourth-order valence-corrected chi connectivity index (χ4v) is 4.20. The maximum Gasteiger partial charge on any atom is 0.290 e. The van der Waals surface area contributed by atoms with Gasteiger partial charge in [0, 0.05) is 44.0 Å². The van der Waals surface area contributed by atoms with Crippen LogP contribution in [0.4, 0.5) is 11.4 Å². The topological polar surface area (TPSA) is 83.8 Å². The van der Waals surface area contributed by atoms with Crippen LogP contribution in [0.25, 0.3) is 0 Å². The van der Waals surface area contributed by atoms with Crippen LogP contribution in [0.15, 0.2) is 47.4 Å². The first kappa shape index (κ1) is 20.2. The van der Waals surface area contributed by atoms with Gasteiger partial charge in [-0.3, -0.25) is 10.1 Å². The molecule has 0 aliphatic heterocycles. The predicted octanol–water partition coefficient (Wildman–Crippen LogP) is 3.53. The third kappa shape index (κ3) is 4.32. The molecule has 0 N–H and O–H groups in total. The van der Waals surface area contributed by atoms with Crippen LogP contribution >= 0.6 is 11.6 Å². The molecule has 0 aliphatic rings. The zero-order valence-electron chi connectivity index (χ0n) is 14.7. The van der Waals surface area contributed by atoms with Crippen molar-refractivity contribution in [3.05, 3.63) is 63.2 Å². The number of nitro groups is 1. The second-order valence-electron chi connectivity index (χ2n) is 5.86. The quantitative estimate of drug-likeness (QED) is 0.527. The highest BCUT2D eigenvalue weighted by Gasteiger charge is 2.31. The van der Waals surface area contributed by atoms with Crippen molar-refractivity contribution < 1.29 is 13.3 Å². The van der Waals surface area contributed by atoms with E-state index in [4.69, 9.17) is 11.6 Å². The maximum atomic E-state index is 12.9. The summed E-state index contributed by atoms with van der Waals surface area (Å²) in [5, 5.41) is 11.4. The molecule has 2 aromatic carbocycles. The molecular formula is C17H20ClN3O4S.